The molecule has 0 unspecified atom stereocenters. The van der Waals surface area contributed by atoms with Crippen molar-refractivity contribution in [3.63, 3.8) is 0 Å². The molecule has 3 rings (SSSR count). The number of para-hydroxylation sites is 2. The van der Waals surface area contributed by atoms with Crippen LogP contribution in [0.25, 0.3) is 0 Å². The summed E-state index contributed by atoms with van der Waals surface area (Å²) in [5, 5.41) is 6.91. The Hall–Kier alpha value is -1.90. The Balaban J connectivity index is 1.55. The van der Waals surface area contributed by atoms with Crippen molar-refractivity contribution in [2.45, 2.75) is 25.9 Å². The van der Waals surface area contributed by atoms with Crippen molar-refractivity contribution >= 4 is 28.9 Å². The lowest BCUT2D eigenvalue weighted by Crippen LogP contribution is -3.14. The molecule has 0 bridgehead atoms. The van der Waals surface area contributed by atoms with Gasteiger partial charge in [0, 0.05) is 19.5 Å². The fourth-order valence-corrected chi connectivity index (χ4v) is 3.74. The van der Waals surface area contributed by atoms with E-state index in [4.69, 9.17) is 21.7 Å². The van der Waals surface area contributed by atoms with Gasteiger partial charge in [0.25, 0.3) is 5.91 Å². The van der Waals surface area contributed by atoms with Crippen LogP contribution < -0.4 is 25.2 Å². The van der Waals surface area contributed by atoms with E-state index in [9.17, 15) is 4.79 Å². The van der Waals surface area contributed by atoms with Gasteiger partial charge in [0.15, 0.2) is 11.2 Å². The third-order valence-electron chi connectivity index (χ3n) is 5.04. The van der Waals surface area contributed by atoms with E-state index in [-0.39, 0.29) is 5.91 Å². The number of thiocarbonyl (C=S) groups is 1. The molecule has 0 aliphatic carbocycles. The molecule has 2 aliphatic heterocycles. The Bertz CT molecular complexity index is 667. The number of nitrogens with one attached hydrogen (secondary N) is 3. The number of anilines is 1. The molecular weight excluding hydrogens is 376 g/mol. The summed E-state index contributed by atoms with van der Waals surface area (Å²) in [6, 6.07) is 7.72. The highest BCUT2D eigenvalue weighted by atomic mass is 32.1. The lowest BCUT2D eigenvalue weighted by molar-refractivity contribution is -0.908. The quantitative estimate of drug-likeness (QED) is 0.435. The maximum Gasteiger partial charge on any atom is 0.262 e. The summed E-state index contributed by atoms with van der Waals surface area (Å²) >= 11 is 5.65. The van der Waals surface area contributed by atoms with E-state index in [0.29, 0.717) is 24.0 Å². The van der Waals surface area contributed by atoms with E-state index < -0.39 is 6.10 Å². The summed E-state index contributed by atoms with van der Waals surface area (Å²) < 4.78 is 11.3. The zero-order valence-electron chi connectivity index (χ0n) is 16.5. The van der Waals surface area contributed by atoms with Crippen LogP contribution in [0.2, 0.25) is 0 Å². The Morgan fingerprint density at radius 1 is 1.25 bits per heavy atom. The zero-order valence-corrected chi connectivity index (χ0v) is 17.4. The summed E-state index contributed by atoms with van der Waals surface area (Å²) in [6.45, 7) is 8.88. The molecule has 0 saturated carbocycles. The molecule has 0 radical (unpaired) electrons. The highest BCUT2D eigenvalue weighted by Crippen LogP contribution is 2.33. The van der Waals surface area contributed by atoms with E-state index in [0.717, 1.165) is 57.9 Å². The van der Waals surface area contributed by atoms with Crippen LogP contribution in [-0.4, -0.2) is 69.6 Å². The van der Waals surface area contributed by atoms with Crippen molar-refractivity contribution in [2.75, 3.05) is 57.4 Å². The van der Waals surface area contributed by atoms with Gasteiger partial charge >= 0.3 is 0 Å². The highest BCUT2D eigenvalue weighted by Gasteiger charge is 2.32. The molecule has 1 aromatic carbocycles. The number of carbonyl (C=O) groups excluding carboxylic acids is 1. The van der Waals surface area contributed by atoms with Crippen LogP contribution in [0, 0.1) is 0 Å². The van der Waals surface area contributed by atoms with Crippen molar-refractivity contribution in [1.29, 1.82) is 0 Å². The predicted molar refractivity (Wildman–Crippen MR) is 113 cm³/mol. The van der Waals surface area contributed by atoms with Crippen LogP contribution in [0.3, 0.4) is 0 Å². The summed E-state index contributed by atoms with van der Waals surface area (Å²) in [4.78, 5) is 16.0. The summed E-state index contributed by atoms with van der Waals surface area (Å²) in [5.41, 5.74) is 0.901. The average molecular weight is 408 g/mol. The fraction of sp³-hybridized carbons (Fsp3) is 0.600. The van der Waals surface area contributed by atoms with Gasteiger partial charge in [0.05, 0.1) is 32.0 Å². The van der Waals surface area contributed by atoms with Crippen LogP contribution in [-0.2, 0) is 9.53 Å². The predicted octanol–water partition coefficient (Wildman–Crippen LogP) is -0.0401. The smallest absolute Gasteiger partial charge is 0.262 e. The second-order valence-corrected chi connectivity index (χ2v) is 7.56. The van der Waals surface area contributed by atoms with Crippen molar-refractivity contribution in [3.05, 3.63) is 24.3 Å². The molecule has 0 aromatic heterocycles. The van der Waals surface area contributed by atoms with Gasteiger partial charge in [-0.15, -0.1) is 0 Å². The van der Waals surface area contributed by atoms with Crippen LogP contribution in [0.4, 0.5) is 5.69 Å². The number of hydrogen-bond acceptors (Lipinski definition) is 4. The van der Waals surface area contributed by atoms with Crippen LogP contribution in [0.15, 0.2) is 24.3 Å². The zero-order chi connectivity index (χ0) is 19.8. The van der Waals surface area contributed by atoms with Crippen molar-refractivity contribution in [2.24, 2.45) is 0 Å². The Morgan fingerprint density at radius 2 is 2.04 bits per heavy atom. The second kappa shape index (κ2) is 10.6. The number of ether oxygens (including phenoxy) is 2. The van der Waals surface area contributed by atoms with Crippen molar-refractivity contribution in [3.8, 4) is 5.75 Å². The van der Waals surface area contributed by atoms with Gasteiger partial charge in [0.1, 0.15) is 18.8 Å². The van der Waals surface area contributed by atoms with E-state index >= 15 is 0 Å². The molecule has 8 heteroatoms. The van der Waals surface area contributed by atoms with Crippen molar-refractivity contribution < 1.29 is 19.2 Å². The fourth-order valence-electron chi connectivity index (χ4n) is 3.46. The molecule has 1 saturated heterocycles. The lowest BCUT2D eigenvalue weighted by atomic mass is 10.2. The first-order chi connectivity index (χ1) is 13.7. The van der Waals surface area contributed by atoms with Gasteiger partial charge in [-0.1, -0.05) is 19.1 Å². The second-order valence-electron chi connectivity index (χ2n) is 7.17. The number of amides is 1. The third-order valence-corrected chi connectivity index (χ3v) is 5.41. The molecule has 1 amide bonds. The van der Waals surface area contributed by atoms with Crippen LogP contribution in [0.5, 0.6) is 5.75 Å². The number of fused-ring (bicyclic) bond motifs is 1. The number of carbonyl (C=O) groups is 1. The van der Waals surface area contributed by atoms with Crippen LogP contribution in [0.1, 0.15) is 19.8 Å². The van der Waals surface area contributed by atoms with E-state index in [2.05, 4.69) is 10.6 Å². The summed E-state index contributed by atoms with van der Waals surface area (Å²) in [7, 11) is 0. The molecule has 2 aliphatic rings. The van der Waals surface area contributed by atoms with Gasteiger partial charge in [-0.05, 0) is 30.8 Å². The number of morpholine rings is 1. The average Bonchev–Trinajstić information content (AvgIpc) is 2.74. The number of quaternary nitrogens is 1. The van der Waals surface area contributed by atoms with E-state index in [1.807, 2.05) is 36.1 Å². The lowest BCUT2D eigenvalue weighted by Gasteiger charge is -2.35. The topological polar surface area (TPSA) is 67.3 Å². The molecule has 1 fully saturated rings. The normalized spacial score (nSPS) is 19.5. The standard InChI is InChI=1S/C20H30N4O3S/c1-2-8-21-19(25)18-15-24(16-6-3-4-7-17(16)27-18)20(28)22-9-5-10-23-11-13-26-14-12-23/h3-4,6-7,18H,2,5,8-15H2,1H3,(H,21,25)(H,22,28)/p+1/t18-/m0/s1. The van der Waals surface area contributed by atoms with E-state index in [1.165, 1.54) is 0 Å². The van der Waals surface area contributed by atoms with Gasteiger partial charge in [-0.25, -0.2) is 0 Å². The first-order valence-electron chi connectivity index (χ1n) is 10.2. The Morgan fingerprint density at radius 3 is 2.82 bits per heavy atom. The number of rotatable bonds is 7. The largest absolute Gasteiger partial charge is 0.477 e. The van der Waals surface area contributed by atoms with Gasteiger partial charge < -0.3 is 29.9 Å². The molecule has 1 atom stereocenters. The van der Waals surface area contributed by atoms with Crippen molar-refractivity contribution in [1.82, 2.24) is 10.6 Å². The molecule has 2 heterocycles. The first kappa shape index (κ1) is 20.8. The van der Waals surface area contributed by atoms with Gasteiger partial charge in [0.2, 0.25) is 0 Å². The number of hydrogen-bond donors (Lipinski definition) is 3. The van der Waals surface area contributed by atoms with Gasteiger partial charge in [-0.2, -0.15) is 0 Å². The molecule has 0 spiro atoms. The monoisotopic (exact) mass is 407 g/mol. The van der Waals surface area contributed by atoms with Gasteiger partial charge in [-0.3, -0.25) is 4.79 Å². The molecular formula is C20H31N4O3S+. The minimum Gasteiger partial charge on any atom is -0.477 e. The Kier molecular flexibility index (Phi) is 7.88. The molecule has 1 aromatic rings. The molecule has 3 N–H and O–H groups in total. The maximum absolute atomic E-state index is 12.4. The third kappa shape index (κ3) is 5.56. The first-order valence-corrected chi connectivity index (χ1v) is 10.6. The summed E-state index contributed by atoms with van der Waals surface area (Å²) in [5.74, 6) is 0.590. The highest BCUT2D eigenvalue weighted by molar-refractivity contribution is 7.80. The van der Waals surface area contributed by atoms with E-state index in [1.54, 1.807) is 4.90 Å². The number of benzene rings is 1. The molecule has 154 valence electrons. The minimum atomic E-state index is -0.570. The Labute approximate surface area is 172 Å². The minimum absolute atomic E-state index is 0.0972. The molecule has 28 heavy (non-hydrogen) atoms. The maximum atomic E-state index is 12.4. The van der Waals surface area contributed by atoms with Crippen LogP contribution >= 0.6 is 12.2 Å². The molecule has 7 nitrogen and oxygen atoms in total. The summed E-state index contributed by atoms with van der Waals surface area (Å²) in [6.07, 6.45) is 1.37. The number of nitrogens with zero attached hydrogens (tertiary/aromatic N) is 1. The SMILES string of the molecule is CCCNC(=O)[C@@H]1CN(C(=S)NCCC[NH+]2CCOCC2)c2ccccc2O1.